The first-order valence-corrected chi connectivity index (χ1v) is 5.23. The summed E-state index contributed by atoms with van der Waals surface area (Å²) >= 11 is 0. The molecule has 0 spiro atoms. The lowest BCUT2D eigenvalue weighted by Gasteiger charge is -2.01. The highest BCUT2D eigenvalue weighted by atomic mass is 15.1. The summed E-state index contributed by atoms with van der Waals surface area (Å²) in [5, 5.41) is 8.11. The number of nitrogens with one attached hydrogen (secondary N) is 1. The van der Waals surface area contributed by atoms with E-state index in [9.17, 15) is 0 Å². The van der Waals surface area contributed by atoms with E-state index < -0.39 is 0 Å². The number of benzene rings is 1. The van der Waals surface area contributed by atoms with Gasteiger partial charge in [-0.3, -0.25) is 10.1 Å². The molecule has 0 radical (unpaired) electrons. The molecule has 2 heterocycles. The smallest absolute Gasteiger partial charge is 0.0650 e. The quantitative estimate of drug-likeness (QED) is 0.704. The molecular weight excluding hydrogens is 198 g/mol. The van der Waals surface area contributed by atoms with Crippen LogP contribution in [0, 0.1) is 0 Å². The van der Waals surface area contributed by atoms with Gasteiger partial charge in [-0.05, 0) is 35.7 Å². The average Bonchev–Trinajstić information content (AvgIpc) is 2.77. The Morgan fingerprint density at radius 1 is 1.06 bits per heavy atom. The van der Waals surface area contributed by atoms with Crippen LogP contribution < -0.4 is 0 Å². The third-order valence-corrected chi connectivity index (χ3v) is 2.64. The van der Waals surface area contributed by atoms with E-state index in [4.69, 9.17) is 0 Å². The van der Waals surface area contributed by atoms with Crippen LogP contribution in [0.2, 0.25) is 0 Å². The van der Waals surface area contributed by atoms with Gasteiger partial charge < -0.3 is 0 Å². The van der Waals surface area contributed by atoms with Gasteiger partial charge in [0.05, 0.1) is 11.7 Å². The molecule has 1 N–H and O–H groups in total. The van der Waals surface area contributed by atoms with E-state index >= 15 is 0 Å². The number of nitrogens with zero attached hydrogens (tertiary/aromatic N) is 2. The Bertz CT molecular complexity index is 599. The molecule has 0 aliphatic carbocycles. The fourth-order valence-electron chi connectivity index (χ4n) is 1.84. The Morgan fingerprint density at radius 2 is 2.06 bits per heavy atom. The van der Waals surface area contributed by atoms with E-state index in [2.05, 4.69) is 39.4 Å². The molecule has 3 aromatic rings. The summed E-state index contributed by atoms with van der Waals surface area (Å²) in [6.45, 7) is 0. The maximum Gasteiger partial charge on any atom is 0.0650 e. The summed E-state index contributed by atoms with van der Waals surface area (Å²) in [5.74, 6) is 0. The summed E-state index contributed by atoms with van der Waals surface area (Å²) in [4.78, 5) is 4.11. The molecule has 0 fully saturated rings. The molecule has 0 aliphatic rings. The molecule has 3 heteroatoms. The predicted octanol–water partition coefficient (Wildman–Crippen LogP) is 2.55. The van der Waals surface area contributed by atoms with Crippen molar-refractivity contribution in [3.8, 4) is 0 Å². The van der Waals surface area contributed by atoms with Gasteiger partial charge in [0.15, 0.2) is 0 Å². The molecule has 0 saturated heterocycles. The van der Waals surface area contributed by atoms with Crippen molar-refractivity contribution in [1.29, 1.82) is 0 Å². The van der Waals surface area contributed by atoms with E-state index in [1.165, 1.54) is 11.1 Å². The van der Waals surface area contributed by atoms with Gasteiger partial charge in [-0.2, -0.15) is 5.10 Å². The van der Waals surface area contributed by atoms with E-state index in [1.807, 2.05) is 18.5 Å². The lowest BCUT2D eigenvalue weighted by atomic mass is 10.1. The van der Waals surface area contributed by atoms with E-state index in [1.54, 1.807) is 6.20 Å². The molecule has 0 atom stereocenters. The molecular formula is C13H11N3. The number of pyridine rings is 1. The van der Waals surface area contributed by atoms with Crippen molar-refractivity contribution < 1.29 is 0 Å². The van der Waals surface area contributed by atoms with Gasteiger partial charge >= 0.3 is 0 Å². The number of hydrogen-bond acceptors (Lipinski definition) is 2. The molecule has 0 bridgehead atoms. The first kappa shape index (κ1) is 9.09. The van der Waals surface area contributed by atoms with Gasteiger partial charge in [-0.25, -0.2) is 0 Å². The lowest BCUT2D eigenvalue weighted by molar-refractivity contribution is 1.12. The van der Waals surface area contributed by atoms with Gasteiger partial charge in [-0.15, -0.1) is 0 Å². The van der Waals surface area contributed by atoms with Gasteiger partial charge in [0.1, 0.15) is 0 Å². The van der Waals surface area contributed by atoms with Crippen molar-refractivity contribution in [2.45, 2.75) is 6.42 Å². The zero-order chi connectivity index (χ0) is 10.8. The molecule has 0 saturated carbocycles. The second kappa shape index (κ2) is 3.77. The van der Waals surface area contributed by atoms with Crippen molar-refractivity contribution in [3.05, 3.63) is 60.0 Å². The second-order valence-corrected chi connectivity index (χ2v) is 3.83. The number of H-pyrrole nitrogens is 1. The lowest BCUT2D eigenvalue weighted by Crippen LogP contribution is -1.88. The number of aromatic amines is 1. The Labute approximate surface area is 93.2 Å². The van der Waals surface area contributed by atoms with Crippen LogP contribution in [0.1, 0.15) is 11.1 Å². The van der Waals surface area contributed by atoms with Gasteiger partial charge in [0.25, 0.3) is 0 Å². The van der Waals surface area contributed by atoms with E-state index in [0.717, 1.165) is 17.3 Å². The predicted molar refractivity (Wildman–Crippen MR) is 63.1 cm³/mol. The minimum atomic E-state index is 0.912. The first-order valence-electron chi connectivity index (χ1n) is 5.23. The molecule has 0 unspecified atom stereocenters. The van der Waals surface area contributed by atoms with Crippen LogP contribution in [0.15, 0.2) is 48.9 Å². The average molecular weight is 209 g/mol. The number of fused-ring (bicyclic) bond motifs is 1. The van der Waals surface area contributed by atoms with Crippen LogP contribution in [0.25, 0.3) is 10.9 Å². The Kier molecular flexibility index (Phi) is 2.14. The molecule has 3 rings (SSSR count). The number of hydrogen-bond donors (Lipinski definition) is 1. The van der Waals surface area contributed by atoms with E-state index in [-0.39, 0.29) is 0 Å². The van der Waals surface area contributed by atoms with Crippen molar-refractivity contribution in [2.24, 2.45) is 0 Å². The zero-order valence-corrected chi connectivity index (χ0v) is 8.72. The third-order valence-electron chi connectivity index (χ3n) is 2.64. The summed E-state index contributed by atoms with van der Waals surface area (Å²) in [6, 6.07) is 10.4. The van der Waals surface area contributed by atoms with Crippen LogP contribution in [0.5, 0.6) is 0 Å². The van der Waals surface area contributed by atoms with Crippen LogP contribution in [-0.4, -0.2) is 15.2 Å². The SMILES string of the molecule is c1cncc(Cc2ccc3[nH]ncc3c2)c1. The van der Waals surface area contributed by atoms with Crippen molar-refractivity contribution in [1.82, 2.24) is 15.2 Å². The summed E-state index contributed by atoms with van der Waals surface area (Å²) in [5.41, 5.74) is 3.59. The second-order valence-electron chi connectivity index (χ2n) is 3.83. The molecule has 2 aromatic heterocycles. The summed E-state index contributed by atoms with van der Waals surface area (Å²) < 4.78 is 0. The summed E-state index contributed by atoms with van der Waals surface area (Å²) in [7, 11) is 0. The largest absolute Gasteiger partial charge is 0.278 e. The monoisotopic (exact) mass is 209 g/mol. The van der Waals surface area contributed by atoms with Gasteiger partial charge in [0.2, 0.25) is 0 Å². The highest BCUT2D eigenvalue weighted by Crippen LogP contribution is 2.15. The number of aromatic nitrogens is 3. The maximum absolute atomic E-state index is 4.11. The minimum absolute atomic E-state index is 0.912. The van der Waals surface area contributed by atoms with Gasteiger partial charge in [-0.1, -0.05) is 12.1 Å². The fourth-order valence-corrected chi connectivity index (χ4v) is 1.84. The fraction of sp³-hybridized carbons (Fsp3) is 0.0769. The maximum atomic E-state index is 4.11. The molecule has 78 valence electrons. The molecule has 0 amide bonds. The third kappa shape index (κ3) is 1.67. The molecule has 3 nitrogen and oxygen atoms in total. The zero-order valence-electron chi connectivity index (χ0n) is 8.72. The highest BCUT2D eigenvalue weighted by Gasteiger charge is 1.99. The van der Waals surface area contributed by atoms with Crippen LogP contribution in [0.4, 0.5) is 0 Å². The molecule has 0 aliphatic heterocycles. The normalized spacial score (nSPS) is 10.8. The first-order chi connectivity index (χ1) is 7.92. The van der Waals surface area contributed by atoms with Crippen molar-refractivity contribution in [3.63, 3.8) is 0 Å². The minimum Gasteiger partial charge on any atom is -0.278 e. The highest BCUT2D eigenvalue weighted by molar-refractivity contribution is 5.78. The van der Waals surface area contributed by atoms with Crippen LogP contribution >= 0.6 is 0 Å². The van der Waals surface area contributed by atoms with Crippen LogP contribution in [-0.2, 0) is 6.42 Å². The Morgan fingerprint density at radius 3 is 2.94 bits per heavy atom. The Balaban J connectivity index is 1.94. The van der Waals surface area contributed by atoms with Crippen molar-refractivity contribution >= 4 is 10.9 Å². The van der Waals surface area contributed by atoms with E-state index in [0.29, 0.717) is 0 Å². The topological polar surface area (TPSA) is 41.6 Å². The Hall–Kier alpha value is -2.16. The summed E-state index contributed by atoms with van der Waals surface area (Å²) in [6.07, 6.45) is 6.46. The number of rotatable bonds is 2. The van der Waals surface area contributed by atoms with Crippen LogP contribution in [0.3, 0.4) is 0 Å². The van der Waals surface area contributed by atoms with Gasteiger partial charge in [0, 0.05) is 17.8 Å². The molecule has 16 heavy (non-hydrogen) atoms. The van der Waals surface area contributed by atoms with Crippen molar-refractivity contribution in [2.75, 3.05) is 0 Å². The molecule has 1 aromatic carbocycles. The standard InChI is InChI=1S/C13H11N3/c1-2-11(8-14-5-1)6-10-3-4-13-12(7-10)9-15-16-13/h1-5,7-9H,6H2,(H,15,16).